The zero-order valence-electron chi connectivity index (χ0n) is 12.0. The van der Waals surface area contributed by atoms with E-state index in [-0.39, 0.29) is 17.0 Å². The van der Waals surface area contributed by atoms with E-state index in [0.29, 0.717) is 5.56 Å². The average molecular weight is 317 g/mol. The first-order valence-corrected chi connectivity index (χ1v) is 8.29. The Kier molecular flexibility index (Phi) is 4.72. The summed E-state index contributed by atoms with van der Waals surface area (Å²) < 4.78 is 24.2. The molecule has 114 valence electrons. The number of nitro benzene ring substituents is 1. The molecule has 0 aliphatic heterocycles. The predicted molar refractivity (Wildman–Crippen MR) is 85.9 cm³/mol. The summed E-state index contributed by atoms with van der Waals surface area (Å²) in [6.07, 6.45) is 1.27. The lowest BCUT2D eigenvalue weighted by molar-refractivity contribution is -0.385. The van der Waals surface area contributed by atoms with E-state index in [1.807, 2.05) is 19.1 Å². The summed E-state index contributed by atoms with van der Waals surface area (Å²) in [4.78, 5) is 10.4. The van der Waals surface area contributed by atoms with Crippen LogP contribution in [0.4, 0.5) is 5.69 Å². The van der Waals surface area contributed by atoms with E-state index in [0.717, 1.165) is 11.0 Å². The molecule has 0 aliphatic carbocycles. The van der Waals surface area contributed by atoms with E-state index in [9.17, 15) is 18.5 Å². The second-order valence-electron chi connectivity index (χ2n) is 4.91. The number of aryl methyl sites for hydroxylation is 1. The number of sulfone groups is 1. The summed E-state index contributed by atoms with van der Waals surface area (Å²) in [6.45, 7) is 1.92. The van der Waals surface area contributed by atoms with E-state index in [4.69, 9.17) is 0 Å². The summed E-state index contributed by atoms with van der Waals surface area (Å²) in [7, 11) is -3.49. The normalized spacial score (nSPS) is 11.7. The van der Waals surface area contributed by atoms with Crippen molar-refractivity contribution in [1.82, 2.24) is 0 Å². The second-order valence-corrected chi connectivity index (χ2v) is 6.80. The summed E-state index contributed by atoms with van der Waals surface area (Å²) in [5, 5.41) is 11.9. The van der Waals surface area contributed by atoms with Crippen LogP contribution < -0.4 is 0 Å². The van der Waals surface area contributed by atoms with E-state index in [1.165, 1.54) is 24.3 Å². The molecule has 0 amide bonds. The molecule has 2 aromatic carbocycles. The molecule has 0 N–H and O–H groups in total. The topological polar surface area (TPSA) is 77.3 Å². The number of benzene rings is 2. The average Bonchev–Trinajstić information content (AvgIpc) is 2.48. The quantitative estimate of drug-likeness (QED) is 0.624. The minimum absolute atomic E-state index is 0.121. The van der Waals surface area contributed by atoms with Crippen molar-refractivity contribution in [2.45, 2.75) is 12.7 Å². The summed E-state index contributed by atoms with van der Waals surface area (Å²) in [6, 6.07) is 13.2. The van der Waals surface area contributed by atoms with Gasteiger partial charge < -0.3 is 0 Å². The Labute approximate surface area is 129 Å². The first-order chi connectivity index (χ1) is 10.4. The standard InChI is InChI=1S/C16H15NO4S/c1-13-6-8-14(9-7-13)12-22(20,21)11-10-15-4-2-3-5-16(15)17(18)19/h2-11H,12H2,1H3/b11-10+. The minimum Gasteiger partial charge on any atom is -0.258 e. The fourth-order valence-corrected chi connectivity index (χ4v) is 3.04. The van der Waals surface area contributed by atoms with Crippen LogP contribution in [0.2, 0.25) is 0 Å². The molecular weight excluding hydrogens is 302 g/mol. The lowest BCUT2D eigenvalue weighted by Gasteiger charge is -2.01. The van der Waals surface area contributed by atoms with Crippen molar-refractivity contribution in [2.24, 2.45) is 0 Å². The highest BCUT2D eigenvalue weighted by Crippen LogP contribution is 2.20. The molecule has 22 heavy (non-hydrogen) atoms. The highest BCUT2D eigenvalue weighted by atomic mass is 32.2. The van der Waals surface area contributed by atoms with Gasteiger partial charge in [0.1, 0.15) is 0 Å². The van der Waals surface area contributed by atoms with Crippen LogP contribution in [-0.2, 0) is 15.6 Å². The molecule has 0 atom stereocenters. The maximum Gasteiger partial charge on any atom is 0.276 e. The molecule has 0 heterocycles. The lowest BCUT2D eigenvalue weighted by Crippen LogP contribution is -2.00. The van der Waals surface area contributed by atoms with Crippen LogP contribution >= 0.6 is 0 Å². The Bertz CT molecular complexity index is 808. The fourth-order valence-electron chi connectivity index (χ4n) is 1.94. The van der Waals surface area contributed by atoms with E-state index in [2.05, 4.69) is 0 Å². The van der Waals surface area contributed by atoms with Crippen molar-refractivity contribution >= 4 is 21.6 Å². The molecule has 0 aliphatic rings. The first-order valence-electron chi connectivity index (χ1n) is 6.57. The zero-order chi connectivity index (χ0) is 16.2. The minimum atomic E-state index is -3.49. The molecule has 5 nitrogen and oxygen atoms in total. The smallest absolute Gasteiger partial charge is 0.258 e. The third kappa shape index (κ3) is 4.26. The van der Waals surface area contributed by atoms with Crippen LogP contribution in [0.3, 0.4) is 0 Å². The van der Waals surface area contributed by atoms with Gasteiger partial charge in [0.25, 0.3) is 5.69 Å². The van der Waals surface area contributed by atoms with Gasteiger partial charge in [-0.3, -0.25) is 10.1 Å². The number of rotatable bonds is 5. The van der Waals surface area contributed by atoms with Gasteiger partial charge in [0, 0.05) is 11.5 Å². The third-order valence-electron chi connectivity index (χ3n) is 3.08. The van der Waals surface area contributed by atoms with Crippen molar-refractivity contribution in [3.63, 3.8) is 0 Å². The van der Waals surface area contributed by atoms with Crippen molar-refractivity contribution in [2.75, 3.05) is 0 Å². The van der Waals surface area contributed by atoms with Crippen LogP contribution in [0.1, 0.15) is 16.7 Å². The SMILES string of the molecule is Cc1ccc(CS(=O)(=O)/C=C/c2ccccc2[N+](=O)[O-])cc1. The number of nitrogens with zero attached hydrogens (tertiary/aromatic N) is 1. The highest BCUT2D eigenvalue weighted by molar-refractivity contribution is 7.93. The first kappa shape index (κ1) is 15.9. The van der Waals surface area contributed by atoms with Gasteiger partial charge in [-0.2, -0.15) is 0 Å². The van der Waals surface area contributed by atoms with Gasteiger partial charge in [0.05, 0.1) is 16.2 Å². The van der Waals surface area contributed by atoms with Gasteiger partial charge in [0.15, 0.2) is 9.84 Å². The van der Waals surface area contributed by atoms with Crippen LogP contribution in [0, 0.1) is 17.0 Å². The molecule has 0 radical (unpaired) electrons. The zero-order valence-corrected chi connectivity index (χ0v) is 12.8. The van der Waals surface area contributed by atoms with E-state index in [1.54, 1.807) is 18.2 Å². The maximum absolute atomic E-state index is 12.1. The summed E-state index contributed by atoms with van der Waals surface area (Å²) >= 11 is 0. The molecule has 0 spiro atoms. The van der Waals surface area contributed by atoms with Crippen LogP contribution in [0.5, 0.6) is 0 Å². The Morgan fingerprint density at radius 3 is 2.36 bits per heavy atom. The Morgan fingerprint density at radius 2 is 1.73 bits per heavy atom. The van der Waals surface area contributed by atoms with Crippen LogP contribution in [0.15, 0.2) is 53.9 Å². The number of nitro groups is 1. The molecule has 0 saturated carbocycles. The highest BCUT2D eigenvalue weighted by Gasteiger charge is 2.12. The molecule has 6 heteroatoms. The summed E-state index contributed by atoms with van der Waals surface area (Å²) in [5.41, 5.74) is 1.87. The van der Waals surface area contributed by atoms with Crippen molar-refractivity contribution in [3.05, 3.63) is 80.7 Å². The molecule has 0 bridgehead atoms. The van der Waals surface area contributed by atoms with Gasteiger partial charge >= 0.3 is 0 Å². The molecule has 0 unspecified atom stereocenters. The molecule has 2 rings (SSSR count). The molecule has 0 aromatic heterocycles. The fraction of sp³-hybridized carbons (Fsp3) is 0.125. The monoisotopic (exact) mass is 317 g/mol. The van der Waals surface area contributed by atoms with Crippen LogP contribution in [0.25, 0.3) is 6.08 Å². The van der Waals surface area contributed by atoms with Gasteiger partial charge in [-0.1, -0.05) is 42.0 Å². The number of para-hydroxylation sites is 1. The molecular formula is C16H15NO4S. The Hall–Kier alpha value is -2.47. The van der Waals surface area contributed by atoms with Gasteiger partial charge in [-0.05, 0) is 24.6 Å². The molecule has 0 saturated heterocycles. The van der Waals surface area contributed by atoms with E-state index >= 15 is 0 Å². The maximum atomic E-state index is 12.1. The third-order valence-corrected chi connectivity index (χ3v) is 4.36. The van der Waals surface area contributed by atoms with Gasteiger partial charge in [0.2, 0.25) is 0 Å². The predicted octanol–water partition coefficient (Wildman–Crippen LogP) is 3.49. The van der Waals surface area contributed by atoms with Crippen LogP contribution in [-0.4, -0.2) is 13.3 Å². The van der Waals surface area contributed by atoms with Gasteiger partial charge in [-0.25, -0.2) is 8.42 Å². The molecule has 2 aromatic rings. The van der Waals surface area contributed by atoms with Crippen molar-refractivity contribution in [3.8, 4) is 0 Å². The van der Waals surface area contributed by atoms with E-state index < -0.39 is 14.8 Å². The Morgan fingerprint density at radius 1 is 1.09 bits per heavy atom. The summed E-state index contributed by atoms with van der Waals surface area (Å²) in [5.74, 6) is -0.135. The Balaban J connectivity index is 2.21. The van der Waals surface area contributed by atoms with Gasteiger partial charge in [-0.15, -0.1) is 0 Å². The van der Waals surface area contributed by atoms with Crippen molar-refractivity contribution < 1.29 is 13.3 Å². The largest absolute Gasteiger partial charge is 0.276 e. The number of hydrogen-bond donors (Lipinski definition) is 0. The van der Waals surface area contributed by atoms with Crippen molar-refractivity contribution in [1.29, 1.82) is 0 Å². The number of hydrogen-bond acceptors (Lipinski definition) is 4. The second kappa shape index (κ2) is 6.53. The lowest BCUT2D eigenvalue weighted by atomic mass is 10.2. The molecule has 0 fully saturated rings.